The summed E-state index contributed by atoms with van der Waals surface area (Å²) in [6, 6.07) is 4.41. The average Bonchev–Trinajstić information content (AvgIpc) is 2.91. The molecule has 0 aliphatic carbocycles. The van der Waals surface area contributed by atoms with E-state index in [1.54, 1.807) is 18.7 Å². The standard InChI is InChI=1S/C22H33N4O6PS/c1-7-22(6)18(27)17(20(28)26(22)12-11-21(3,4)5)19-23-15-10-9-14(25-34(30)31)13-16(15)33(29,24-19)32-8-2/h9-10,13,27,34H,7-8,11-12H2,1-6H3,(H,23,24,29)(H,25,30,31). The molecule has 0 saturated heterocycles. The van der Waals surface area contributed by atoms with Crippen molar-refractivity contribution in [1.82, 2.24) is 4.90 Å². The van der Waals surface area contributed by atoms with Crippen molar-refractivity contribution in [3.05, 3.63) is 29.5 Å². The third kappa shape index (κ3) is 4.87. The fraction of sp³-hybridized carbons (Fsp3) is 0.545. The van der Waals surface area contributed by atoms with Crippen LogP contribution >= 0.6 is 7.52 Å². The number of benzene rings is 1. The summed E-state index contributed by atoms with van der Waals surface area (Å²) in [6.07, 6.45) is 1.21. The molecule has 2 unspecified atom stereocenters. The summed E-state index contributed by atoms with van der Waals surface area (Å²) in [7, 11) is -6.79. The Balaban J connectivity index is 2.08. The molecule has 1 aromatic rings. The van der Waals surface area contributed by atoms with Crippen LogP contribution in [0.2, 0.25) is 0 Å². The number of aliphatic hydroxyl groups excluding tert-OH is 1. The van der Waals surface area contributed by atoms with Crippen LogP contribution in [0.3, 0.4) is 0 Å². The van der Waals surface area contributed by atoms with Gasteiger partial charge in [0.1, 0.15) is 11.3 Å². The van der Waals surface area contributed by atoms with Gasteiger partial charge in [0.15, 0.2) is 5.84 Å². The van der Waals surface area contributed by atoms with Crippen LogP contribution < -0.4 is 15.3 Å². The third-order valence-corrected chi connectivity index (χ3v) is 8.61. The lowest BCUT2D eigenvalue weighted by Crippen LogP contribution is -2.47. The summed E-state index contributed by atoms with van der Waals surface area (Å²) in [5.74, 6) is -0.556. The SMILES string of the molecule is CCOP1(=O)N=C(C2=C(O)C(C)(CC)N(CCC(C)(C)C)C2=O)Nc2ccc(N[SH](=O)=O)cc21. The van der Waals surface area contributed by atoms with E-state index in [0.29, 0.717) is 18.7 Å². The first kappa shape index (κ1) is 26.2. The average molecular weight is 513 g/mol. The van der Waals surface area contributed by atoms with E-state index in [1.165, 1.54) is 18.2 Å². The molecule has 0 radical (unpaired) electrons. The van der Waals surface area contributed by atoms with Gasteiger partial charge < -0.3 is 19.8 Å². The molecule has 188 valence electrons. The molecule has 3 rings (SSSR count). The van der Waals surface area contributed by atoms with E-state index >= 15 is 0 Å². The highest BCUT2D eigenvalue weighted by Gasteiger charge is 2.50. The minimum absolute atomic E-state index is 0.0161. The molecule has 1 amide bonds. The van der Waals surface area contributed by atoms with E-state index in [0.717, 1.165) is 6.42 Å². The minimum atomic E-state index is -3.87. The van der Waals surface area contributed by atoms with Gasteiger partial charge in [-0.2, -0.15) is 4.76 Å². The summed E-state index contributed by atoms with van der Waals surface area (Å²) >= 11 is 0. The molecule has 3 N–H and O–H groups in total. The Kier molecular flexibility index (Phi) is 7.22. The fourth-order valence-corrected chi connectivity index (χ4v) is 6.15. The van der Waals surface area contributed by atoms with Crippen LogP contribution in [-0.2, 0) is 24.8 Å². The van der Waals surface area contributed by atoms with Gasteiger partial charge in [0, 0.05) is 12.2 Å². The van der Waals surface area contributed by atoms with E-state index in [4.69, 9.17) is 4.52 Å². The smallest absolute Gasteiger partial charge is 0.348 e. The Labute approximate surface area is 202 Å². The maximum Gasteiger partial charge on any atom is 0.348 e. The maximum atomic E-state index is 13.8. The Morgan fingerprint density at radius 2 is 1.97 bits per heavy atom. The normalized spacial score (nSPS) is 24.9. The number of carbonyl (C=O) groups excluding carboxylic acids is 1. The van der Waals surface area contributed by atoms with Gasteiger partial charge in [-0.15, -0.1) is 0 Å². The van der Waals surface area contributed by atoms with Gasteiger partial charge in [-0.25, -0.2) is 8.42 Å². The highest BCUT2D eigenvalue weighted by molar-refractivity contribution is 7.74. The first-order valence-corrected chi connectivity index (χ1v) is 13.9. The van der Waals surface area contributed by atoms with Crippen molar-refractivity contribution in [1.29, 1.82) is 0 Å². The Bertz CT molecular complexity index is 1180. The molecule has 12 heteroatoms. The zero-order valence-corrected chi connectivity index (χ0v) is 22.1. The van der Waals surface area contributed by atoms with Crippen LogP contribution in [0, 0.1) is 5.41 Å². The van der Waals surface area contributed by atoms with Crippen molar-refractivity contribution in [2.45, 2.75) is 59.9 Å². The summed E-state index contributed by atoms with van der Waals surface area (Å²) in [5, 5.41) is 14.4. The molecule has 0 aromatic heterocycles. The third-order valence-electron chi connectivity index (χ3n) is 6.12. The number of hydrogen-bond acceptors (Lipinski definition) is 7. The van der Waals surface area contributed by atoms with Crippen molar-refractivity contribution < 1.29 is 27.4 Å². The Morgan fingerprint density at radius 3 is 2.53 bits per heavy atom. The predicted molar refractivity (Wildman–Crippen MR) is 134 cm³/mol. The lowest BCUT2D eigenvalue weighted by atomic mass is 9.90. The number of amides is 1. The van der Waals surface area contributed by atoms with Gasteiger partial charge in [-0.05, 0) is 50.3 Å². The van der Waals surface area contributed by atoms with E-state index in [9.17, 15) is 22.9 Å². The second-order valence-corrected chi connectivity index (χ2v) is 12.4. The van der Waals surface area contributed by atoms with Crippen molar-refractivity contribution in [2.75, 3.05) is 23.2 Å². The van der Waals surface area contributed by atoms with Gasteiger partial charge in [-0.3, -0.25) is 14.1 Å². The number of nitrogens with one attached hydrogen (secondary N) is 2. The second-order valence-electron chi connectivity index (χ2n) is 9.73. The molecule has 2 aliphatic heterocycles. The summed E-state index contributed by atoms with van der Waals surface area (Å²) in [4.78, 5) is 15.2. The van der Waals surface area contributed by atoms with Crippen molar-refractivity contribution in [2.24, 2.45) is 10.2 Å². The number of hydrogen-bond donors (Lipinski definition) is 4. The first-order chi connectivity index (χ1) is 15.8. The molecule has 2 aliphatic rings. The molecular formula is C22H33N4O6PS. The quantitative estimate of drug-likeness (QED) is 0.309. The van der Waals surface area contributed by atoms with Crippen molar-refractivity contribution in [3.8, 4) is 0 Å². The van der Waals surface area contributed by atoms with Crippen LogP contribution in [-0.4, -0.2) is 48.9 Å². The molecule has 0 fully saturated rings. The number of fused-ring (bicyclic) bond motifs is 1. The Hall–Kier alpha value is -2.36. The molecule has 34 heavy (non-hydrogen) atoms. The van der Waals surface area contributed by atoms with Crippen molar-refractivity contribution >= 4 is 46.8 Å². The monoisotopic (exact) mass is 512 g/mol. The highest BCUT2D eigenvalue weighted by Crippen LogP contribution is 2.53. The predicted octanol–water partition coefficient (Wildman–Crippen LogP) is 3.56. The molecule has 0 saturated carbocycles. The summed E-state index contributed by atoms with van der Waals surface area (Å²) < 4.78 is 48.0. The van der Waals surface area contributed by atoms with Gasteiger partial charge in [0.05, 0.1) is 23.1 Å². The molecule has 0 spiro atoms. The number of thiol groups is 1. The van der Waals surface area contributed by atoms with Crippen LogP contribution in [0.4, 0.5) is 11.4 Å². The number of amidine groups is 1. The number of anilines is 2. The molecule has 2 heterocycles. The van der Waals surface area contributed by atoms with Crippen molar-refractivity contribution in [3.63, 3.8) is 0 Å². The van der Waals surface area contributed by atoms with E-state index in [2.05, 4.69) is 35.6 Å². The molecule has 1 aromatic carbocycles. The number of nitrogens with zero attached hydrogens (tertiary/aromatic N) is 2. The van der Waals surface area contributed by atoms with E-state index < -0.39 is 29.9 Å². The number of rotatable bonds is 8. The molecular weight excluding hydrogens is 479 g/mol. The van der Waals surface area contributed by atoms with E-state index in [1.807, 2.05) is 6.92 Å². The van der Waals surface area contributed by atoms with Crippen LogP contribution in [0.1, 0.15) is 54.4 Å². The van der Waals surface area contributed by atoms with Crippen LogP contribution in [0.25, 0.3) is 0 Å². The van der Waals surface area contributed by atoms with E-state index in [-0.39, 0.29) is 40.2 Å². The lowest BCUT2D eigenvalue weighted by molar-refractivity contribution is -0.129. The van der Waals surface area contributed by atoms with Gasteiger partial charge in [-0.1, -0.05) is 27.7 Å². The highest BCUT2D eigenvalue weighted by atomic mass is 32.2. The largest absolute Gasteiger partial charge is 0.509 e. The molecule has 10 nitrogen and oxygen atoms in total. The lowest BCUT2D eigenvalue weighted by Gasteiger charge is -2.36. The zero-order valence-electron chi connectivity index (χ0n) is 20.3. The van der Waals surface area contributed by atoms with Crippen LogP contribution in [0.15, 0.2) is 34.3 Å². The second kappa shape index (κ2) is 9.36. The number of carbonyl (C=O) groups is 1. The Morgan fingerprint density at radius 1 is 1.29 bits per heavy atom. The molecule has 0 bridgehead atoms. The van der Waals surface area contributed by atoms with Gasteiger partial charge in [0.2, 0.25) is 10.9 Å². The topological polar surface area (TPSA) is 137 Å². The first-order valence-electron chi connectivity index (χ1n) is 11.2. The summed E-state index contributed by atoms with van der Waals surface area (Å²) in [5.41, 5.74) is -0.411. The fourth-order valence-electron chi connectivity index (χ4n) is 3.99. The summed E-state index contributed by atoms with van der Waals surface area (Å²) in [6.45, 7) is 12.1. The maximum absolute atomic E-state index is 13.8. The molecule has 2 atom stereocenters. The van der Waals surface area contributed by atoms with Gasteiger partial charge in [0.25, 0.3) is 5.91 Å². The number of aliphatic hydroxyl groups is 1. The minimum Gasteiger partial charge on any atom is -0.509 e. The van der Waals surface area contributed by atoms with Crippen LogP contribution in [0.5, 0.6) is 0 Å². The zero-order chi connectivity index (χ0) is 25.5. The van der Waals surface area contributed by atoms with Gasteiger partial charge >= 0.3 is 7.52 Å².